The lowest BCUT2D eigenvalue weighted by Gasteiger charge is -2.34. The topological polar surface area (TPSA) is 55.3 Å². The number of hydrogen-bond donors (Lipinski definition) is 2. The van der Waals surface area contributed by atoms with Gasteiger partial charge in [0.25, 0.3) is 0 Å². The standard InChI is InChI=1S/C22H22BrN3O2S/c1-13-12-16(23)7-10-18(13)24-22(27)21-20(15-5-8-17(28-3)9-6-15)25-26-14(2)4-11-19(26)29-21/h4-12,20-21,25H,1-3H3,(H,24,27)/t20-,21+/m1/s1. The predicted octanol–water partition coefficient (Wildman–Crippen LogP) is 5.27. The second kappa shape index (κ2) is 8.16. The molecule has 0 bridgehead atoms. The second-order valence-electron chi connectivity index (χ2n) is 7.02. The van der Waals surface area contributed by atoms with Gasteiger partial charge in [-0.05, 0) is 67.4 Å². The molecule has 7 heteroatoms. The van der Waals surface area contributed by atoms with Crippen LogP contribution in [0.2, 0.25) is 0 Å². The first-order chi connectivity index (χ1) is 14.0. The Morgan fingerprint density at radius 3 is 2.59 bits per heavy atom. The zero-order valence-electron chi connectivity index (χ0n) is 16.4. The van der Waals surface area contributed by atoms with E-state index in [0.29, 0.717) is 0 Å². The predicted molar refractivity (Wildman–Crippen MR) is 121 cm³/mol. The summed E-state index contributed by atoms with van der Waals surface area (Å²) in [5.74, 6) is 0.764. The number of ether oxygens (including phenoxy) is 1. The van der Waals surface area contributed by atoms with Crippen LogP contribution in [0, 0.1) is 13.8 Å². The quantitative estimate of drug-likeness (QED) is 0.543. The van der Waals surface area contributed by atoms with Crippen molar-refractivity contribution in [3.8, 4) is 5.75 Å². The van der Waals surface area contributed by atoms with Gasteiger partial charge < -0.3 is 15.5 Å². The molecule has 0 spiro atoms. The van der Waals surface area contributed by atoms with E-state index in [1.165, 1.54) is 0 Å². The van der Waals surface area contributed by atoms with E-state index in [9.17, 15) is 4.79 Å². The van der Waals surface area contributed by atoms with Crippen molar-refractivity contribution < 1.29 is 9.53 Å². The van der Waals surface area contributed by atoms with Crippen LogP contribution in [-0.2, 0) is 4.79 Å². The van der Waals surface area contributed by atoms with Crippen LogP contribution in [-0.4, -0.2) is 22.9 Å². The molecular formula is C22H22BrN3O2S. The lowest BCUT2D eigenvalue weighted by atomic mass is 10.0. The fraction of sp³-hybridized carbons (Fsp3) is 0.227. The summed E-state index contributed by atoms with van der Waals surface area (Å²) in [5.41, 5.74) is 7.50. The zero-order chi connectivity index (χ0) is 20.5. The third-order valence-electron chi connectivity index (χ3n) is 5.04. The number of methoxy groups -OCH3 is 1. The number of anilines is 1. The largest absolute Gasteiger partial charge is 0.497 e. The highest BCUT2D eigenvalue weighted by Gasteiger charge is 2.36. The Hall–Kier alpha value is -2.38. The second-order valence-corrected chi connectivity index (χ2v) is 9.09. The molecule has 0 saturated heterocycles. The van der Waals surface area contributed by atoms with E-state index < -0.39 is 0 Å². The Balaban J connectivity index is 1.66. The summed E-state index contributed by atoms with van der Waals surface area (Å²) >= 11 is 5.05. The van der Waals surface area contributed by atoms with Crippen molar-refractivity contribution in [3.63, 3.8) is 0 Å². The maximum Gasteiger partial charge on any atom is 0.240 e. The van der Waals surface area contributed by atoms with Gasteiger partial charge in [-0.3, -0.25) is 9.47 Å². The number of carbonyl (C=O) groups is 1. The van der Waals surface area contributed by atoms with Crippen molar-refractivity contribution in [2.75, 3.05) is 17.9 Å². The van der Waals surface area contributed by atoms with Crippen molar-refractivity contribution >= 4 is 39.3 Å². The molecule has 3 aromatic rings. The first-order valence-corrected chi connectivity index (χ1v) is 11.0. The van der Waals surface area contributed by atoms with Gasteiger partial charge in [0.1, 0.15) is 11.0 Å². The highest BCUT2D eigenvalue weighted by Crippen LogP contribution is 2.39. The van der Waals surface area contributed by atoms with Gasteiger partial charge in [0.15, 0.2) is 0 Å². The third kappa shape index (κ3) is 4.02. The van der Waals surface area contributed by atoms with Crippen molar-refractivity contribution in [2.45, 2.75) is 30.2 Å². The molecule has 2 N–H and O–H groups in total. The molecule has 5 nitrogen and oxygen atoms in total. The fourth-order valence-electron chi connectivity index (χ4n) is 3.41. The van der Waals surface area contributed by atoms with E-state index in [0.717, 1.165) is 37.8 Å². The summed E-state index contributed by atoms with van der Waals surface area (Å²) in [4.78, 5) is 13.3. The van der Waals surface area contributed by atoms with Crippen molar-refractivity contribution in [1.82, 2.24) is 4.68 Å². The average molecular weight is 472 g/mol. The lowest BCUT2D eigenvalue weighted by molar-refractivity contribution is -0.116. The van der Waals surface area contributed by atoms with E-state index in [-0.39, 0.29) is 17.2 Å². The summed E-state index contributed by atoms with van der Waals surface area (Å²) in [7, 11) is 1.65. The molecule has 4 rings (SSSR count). The molecule has 0 aliphatic carbocycles. The molecule has 1 aliphatic rings. The number of halogens is 1. The number of aryl methyl sites for hydroxylation is 2. The van der Waals surface area contributed by atoms with Crippen LogP contribution < -0.4 is 15.5 Å². The van der Waals surface area contributed by atoms with Crippen LogP contribution in [0.25, 0.3) is 0 Å². The third-order valence-corrected chi connectivity index (χ3v) is 6.83. The van der Waals surface area contributed by atoms with E-state index in [1.807, 2.05) is 67.1 Å². The van der Waals surface area contributed by atoms with E-state index in [4.69, 9.17) is 4.74 Å². The molecule has 2 heterocycles. The highest BCUT2D eigenvalue weighted by molar-refractivity contribution is 9.10. The molecule has 0 radical (unpaired) electrons. The normalized spacial score (nSPS) is 17.9. The molecular weight excluding hydrogens is 450 g/mol. The first-order valence-electron chi connectivity index (χ1n) is 9.29. The molecule has 0 unspecified atom stereocenters. The molecule has 2 atom stereocenters. The van der Waals surface area contributed by atoms with Gasteiger partial charge in [-0.25, -0.2) is 0 Å². The Morgan fingerprint density at radius 1 is 1.14 bits per heavy atom. The molecule has 150 valence electrons. The van der Waals surface area contributed by atoms with Crippen LogP contribution in [0.15, 0.2) is 64.1 Å². The molecule has 29 heavy (non-hydrogen) atoms. The lowest BCUT2D eigenvalue weighted by Crippen LogP contribution is -2.41. The monoisotopic (exact) mass is 471 g/mol. The van der Waals surface area contributed by atoms with Crippen LogP contribution in [0.4, 0.5) is 5.69 Å². The summed E-state index contributed by atoms with van der Waals surface area (Å²) in [6, 6.07) is 17.6. The molecule has 0 saturated carbocycles. The van der Waals surface area contributed by atoms with E-state index in [1.54, 1.807) is 18.9 Å². The van der Waals surface area contributed by atoms with Gasteiger partial charge in [0, 0.05) is 15.9 Å². The van der Waals surface area contributed by atoms with Crippen LogP contribution in [0.1, 0.15) is 22.9 Å². The first kappa shape index (κ1) is 19.9. The Labute approximate surface area is 182 Å². The number of nitrogens with zero attached hydrogens (tertiary/aromatic N) is 1. The van der Waals surface area contributed by atoms with Gasteiger partial charge in [0.05, 0.1) is 18.2 Å². The highest BCUT2D eigenvalue weighted by atomic mass is 79.9. The van der Waals surface area contributed by atoms with Crippen molar-refractivity contribution in [2.24, 2.45) is 0 Å². The number of carbonyl (C=O) groups excluding carboxylic acids is 1. The minimum atomic E-state index is -0.326. The molecule has 1 aromatic heterocycles. The minimum absolute atomic E-state index is 0.0288. The van der Waals surface area contributed by atoms with Gasteiger partial charge in [-0.15, -0.1) is 0 Å². The Bertz CT molecular complexity index is 1050. The summed E-state index contributed by atoms with van der Waals surface area (Å²) < 4.78 is 8.32. The number of nitrogens with one attached hydrogen (secondary N) is 2. The molecule has 1 aliphatic heterocycles. The van der Waals surface area contributed by atoms with Gasteiger partial charge in [-0.2, -0.15) is 0 Å². The Morgan fingerprint density at radius 2 is 1.90 bits per heavy atom. The zero-order valence-corrected chi connectivity index (χ0v) is 18.8. The van der Waals surface area contributed by atoms with Crippen LogP contribution in [0.5, 0.6) is 5.75 Å². The van der Waals surface area contributed by atoms with E-state index in [2.05, 4.69) is 32.7 Å². The number of amides is 1. The average Bonchev–Trinajstić information content (AvgIpc) is 3.09. The molecule has 0 fully saturated rings. The Kier molecular flexibility index (Phi) is 5.61. The number of fused-ring (bicyclic) bond motifs is 1. The summed E-state index contributed by atoms with van der Waals surface area (Å²) in [6.07, 6.45) is 0. The number of hydrogen-bond acceptors (Lipinski definition) is 4. The SMILES string of the molecule is COc1ccc([C@H]2Nn3c(C)ccc3S[C@@H]2C(=O)Nc2ccc(Br)cc2C)cc1. The van der Waals surface area contributed by atoms with Crippen LogP contribution in [0.3, 0.4) is 0 Å². The number of aromatic nitrogens is 1. The van der Waals surface area contributed by atoms with Gasteiger partial charge in [-0.1, -0.05) is 39.8 Å². The van der Waals surface area contributed by atoms with Crippen molar-refractivity contribution in [1.29, 1.82) is 0 Å². The van der Waals surface area contributed by atoms with Gasteiger partial charge in [0.2, 0.25) is 5.91 Å². The van der Waals surface area contributed by atoms with Gasteiger partial charge >= 0.3 is 0 Å². The number of rotatable bonds is 4. The smallest absolute Gasteiger partial charge is 0.240 e. The molecule has 2 aromatic carbocycles. The van der Waals surface area contributed by atoms with Crippen molar-refractivity contribution in [3.05, 3.63) is 75.9 Å². The summed E-state index contributed by atoms with van der Waals surface area (Å²) in [6.45, 7) is 4.04. The maximum atomic E-state index is 13.3. The van der Waals surface area contributed by atoms with E-state index >= 15 is 0 Å². The number of thioether (sulfide) groups is 1. The molecule has 1 amide bonds. The minimum Gasteiger partial charge on any atom is -0.497 e. The maximum absolute atomic E-state index is 13.3. The van der Waals surface area contributed by atoms with Crippen LogP contribution >= 0.6 is 27.7 Å². The summed E-state index contributed by atoms with van der Waals surface area (Å²) in [5, 5.41) is 3.81. The number of benzene rings is 2. The fourth-order valence-corrected chi connectivity index (χ4v) is 5.12.